The van der Waals surface area contributed by atoms with Crippen LogP contribution < -0.4 is 4.74 Å². The SMILES string of the molecule is COc1ccc(-c2ccc(-c3nc4cccc(C(F)(F)F)c4n3C[C@@H]3CCN(C(=O)C4CC4)C3)cc2)cc1. The smallest absolute Gasteiger partial charge is 0.418 e. The predicted molar refractivity (Wildman–Crippen MR) is 140 cm³/mol. The number of nitrogens with zero attached hydrogens (tertiary/aromatic N) is 3. The monoisotopic (exact) mass is 519 g/mol. The van der Waals surface area contributed by atoms with Gasteiger partial charge in [-0.3, -0.25) is 4.79 Å². The summed E-state index contributed by atoms with van der Waals surface area (Å²) in [6.07, 6.45) is -1.85. The van der Waals surface area contributed by atoms with Gasteiger partial charge in [-0.1, -0.05) is 42.5 Å². The Bertz CT molecular complexity index is 1470. The van der Waals surface area contributed by atoms with Crippen LogP contribution in [0.25, 0.3) is 33.5 Å². The standard InChI is InChI=1S/C30H28F3N3O2/c1-38-24-13-11-21(12-14-24)20-5-7-22(8-6-20)28-34-26-4-2-3-25(30(31,32)33)27(26)36(28)18-19-15-16-35(17-19)29(37)23-9-10-23/h2-8,11-14,19,23H,9-10,15-18H2,1H3/t19-/m1/s1. The topological polar surface area (TPSA) is 47.4 Å². The fourth-order valence-corrected chi connectivity index (χ4v) is 5.44. The number of rotatable bonds is 6. The highest BCUT2D eigenvalue weighted by Crippen LogP contribution is 2.39. The summed E-state index contributed by atoms with van der Waals surface area (Å²) in [5.41, 5.74) is 2.47. The number of ether oxygens (including phenoxy) is 1. The third-order valence-electron chi connectivity index (χ3n) is 7.60. The lowest BCUT2D eigenvalue weighted by Crippen LogP contribution is -2.30. The van der Waals surface area contributed by atoms with E-state index in [1.54, 1.807) is 17.7 Å². The van der Waals surface area contributed by atoms with E-state index < -0.39 is 11.7 Å². The van der Waals surface area contributed by atoms with Crippen molar-refractivity contribution in [2.75, 3.05) is 20.2 Å². The Balaban J connectivity index is 1.37. The molecule has 1 aliphatic heterocycles. The molecule has 3 aromatic carbocycles. The lowest BCUT2D eigenvalue weighted by Gasteiger charge is -2.19. The molecule has 1 amide bonds. The molecule has 5 nitrogen and oxygen atoms in total. The molecule has 2 aliphatic rings. The zero-order chi connectivity index (χ0) is 26.4. The molecular formula is C30H28F3N3O2. The van der Waals surface area contributed by atoms with Gasteiger partial charge in [0.05, 0.1) is 23.7 Å². The Morgan fingerprint density at radius 3 is 2.24 bits per heavy atom. The first-order valence-electron chi connectivity index (χ1n) is 12.9. The van der Waals surface area contributed by atoms with Crippen molar-refractivity contribution in [1.82, 2.24) is 14.5 Å². The summed E-state index contributed by atoms with van der Waals surface area (Å²) in [7, 11) is 1.62. The van der Waals surface area contributed by atoms with Crippen LogP contribution in [0.3, 0.4) is 0 Å². The van der Waals surface area contributed by atoms with E-state index in [4.69, 9.17) is 4.74 Å². The van der Waals surface area contributed by atoms with Crippen LogP contribution in [0.1, 0.15) is 24.8 Å². The maximum absolute atomic E-state index is 14.1. The van der Waals surface area contributed by atoms with Gasteiger partial charge < -0.3 is 14.2 Å². The summed E-state index contributed by atoms with van der Waals surface area (Å²) >= 11 is 0. The fraction of sp³-hybridized carbons (Fsp3) is 0.333. The molecule has 1 atom stereocenters. The maximum Gasteiger partial charge on any atom is 0.418 e. The van der Waals surface area contributed by atoms with Crippen LogP contribution in [-0.2, 0) is 17.5 Å². The molecule has 0 bridgehead atoms. The van der Waals surface area contributed by atoms with E-state index in [9.17, 15) is 18.0 Å². The third kappa shape index (κ3) is 4.64. The number of likely N-dealkylation sites (tertiary alicyclic amines) is 1. The Labute approximate surface area is 218 Å². The van der Waals surface area contributed by atoms with Gasteiger partial charge in [0.25, 0.3) is 0 Å². The van der Waals surface area contributed by atoms with E-state index in [1.807, 2.05) is 53.4 Å². The molecule has 0 spiro atoms. The second-order valence-electron chi connectivity index (χ2n) is 10.2. The summed E-state index contributed by atoms with van der Waals surface area (Å²) in [5, 5.41) is 0. The number of benzene rings is 3. The number of carbonyl (C=O) groups is 1. The number of imidazole rings is 1. The van der Waals surface area contributed by atoms with Crippen molar-refractivity contribution in [3.63, 3.8) is 0 Å². The fourth-order valence-electron chi connectivity index (χ4n) is 5.44. The van der Waals surface area contributed by atoms with Crippen LogP contribution in [0.5, 0.6) is 5.75 Å². The largest absolute Gasteiger partial charge is 0.497 e. The van der Waals surface area contributed by atoms with Gasteiger partial charge in [0.2, 0.25) is 5.91 Å². The maximum atomic E-state index is 14.1. The first-order valence-corrected chi connectivity index (χ1v) is 12.9. The van der Waals surface area contributed by atoms with Crippen LogP contribution in [-0.4, -0.2) is 40.6 Å². The molecule has 0 N–H and O–H groups in total. The minimum atomic E-state index is -4.50. The van der Waals surface area contributed by atoms with Crippen molar-refractivity contribution in [1.29, 1.82) is 0 Å². The molecule has 1 saturated heterocycles. The highest BCUT2D eigenvalue weighted by Gasteiger charge is 2.38. The number of methoxy groups -OCH3 is 1. The van der Waals surface area contributed by atoms with Crippen LogP contribution in [0.4, 0.5) is 13.2 Å². The van der Waals surface area contributed by atoms with Gasteiger partial charge in [-0.25, -0.2) is 4.98 Å². The number of hydrogen-bond donors (Lipinski definition) is 0. The molecule has 1 aromatic heterocycles. The van der Waals surface area contributed by atoms with Gasteiger partial charge in [-0.05, 0) is 60.6 Å². The highest BCUT2D eigenvalue weighted by atomic mass is 19.4. The van der Waals surface area contributed by atoms with E-state index in [0.717, 1.165) is 47.8 Å². The summed E-state index contributed by atoms with van der Waals surface area (Å²) in [5.74, 6) is 1.66. The Kier molecular flexibility index (Phi) is 6.13. The van der Waals surface area contributed by atoms with E-state index in [0.29, 0.717) is 31.0 Å². The van der Waals surface area contributed by atoms with Crippen molar-refractivity contribution in [2.45, 2.75) is 32.0 Å². The first kappa shape index (κ1) is 24.5. The van der Waals surface area contributed by atoms with Crippen LogP contribution in [0.2, 0.25) is 0 Å². The normalized spacial score (nSPS) is 17.8. The van der Waals surface area contributed by atoms with Gasteiger partial charge in [0.15, 0.2) is 0 Å². The summed E-state index contributed by atoms with van der Waals surface area (Å²) in [6, 6.07) is 19.6. The summed E-state index contributed by atoms with van der Waals surface area (Å²) in [6.45, 7) is 1.59. The number of carbonyl (C=O) groups excluding carboxylic acids is 1. The Morgan fingerprint density at radius 1 is 0.947 bits per heavy atom. The predicted octanol–water partition coefficient (Wildman–Crippen LogP) is 6.66. The van der Waals surface area contributed by atoms with Gasteiger partial charge in [0, 0.05) is 31.1 Å². The molecule has 2 heterocycles. The van der Waals surface area contributed by atoms with Gasteiger partial charge in [0.1, 0.15) is 11.6 Å². The van der Waals surface area contributed by atoms with Crippen LogP contribution in [0.15, 0.2) is 66.7 Å². The average molecular weight is 520 g/mol. The summed E-state index contributed by atoms with van der Waals surface area (Å²) < 4.78 is 49.2. The van der Waals surface area contributed by atoms with Crippen LogP contribution in [0, 0.1) is 11.8 Å². The molecule has 196 valence electrons. The number of fused-ring (bicyclic) bond motifs is 1. The van der Waals surface area contributed by atoms with Gasteiger partial charge in [-0.2, -0.15) is 13.2 Å². The van der Waals surface area contributed by atoms with Gasteiger partial charge in [-0.15, -0.1) is 0 Å². The lowest BCUT2D eigenvalue weighted by atomic mass is 10.0. The Morgan fingerprint density at radius 2 is 1.61 bits per heavy atom. The van der Waals surface area contributed by atoms with Crippen molar-refractivity contribution in [2.24, 2.45) is 11.8 Å². The average Bonchev–Trinajstić information content (AvgIpc) is 3.57. The van der Waals surface area contributed by atoms with E-state index in [2.05, 4.69) is 4.98 Å². The zero-order valence-electron chi connectivity index (χ0n) is 21.0. The second-order valence-corrected chi connectivity index (χ2v) is 10.2. The number of amides is 1. The second kappa shape index (κ2) is 9.49. The number of aromatic nitrogens is 2. The zero-order valence-corrected chi connectivity index (χ0v) is 21.0. The quantitative estimate of drug-likeness (QED) is 0.286. The van der Waals surface area contributed by atoms with Crippen molar-refractivity contribution in [3.8, 4) is 28.3 Å². The Hall–Kier alpha value is -3.81. The van der Waals surface area contributed by atoms with Crippen molar-refractivity contribution in [3.05, 3.63) is 72.3 Å². The molecule has 4 aromatic rings. The minimum Gasteiger partial charge on any atom is -0.497 e. The molecule has 0 unspecified atom stereocenters. The molecule has 2 fully saturated rings. The molecule has 38 heavy (non-hydrogen) atoms. The first-order chi connectivity index (χ1) is 18.3. The van der Waals surface area contributed by atoms with E-state index >= 15 is 0 Å². The third-order valence-corrected chi connectivity index (χ3v) is 7.60. The highest BCUT2D eigenvalue weighted by molar-refractivity contribution is 5.85. The molecule has 8 heteroatoms. The minimum absolute atomic E-state index is 0.0636. The number of hydrogen-bond acceptors (Lipinski definition) is 3. The van der Waals surface area contributed by atoms with Crippen molar-refractivity contribution < 1.29 is 22.7 Å². The molecule has 1 aliphatic carbocycles. The number of halogens is 3. The lowest BCUT2D eigenvalue weighted by molar-refractivity contribution is -0.136. The van der Waals surface area contributed by atoms with E-state index in [-0.39, 0.29) is 23.3 Å². The number of para-hydroxylation sites is 1. The van der Waals surface area contributed by atoms with Crippen molar-refractivity contribution >= 4 is 16.9 Å². The molecule has 6 rings (SSSR count). The van der Waals surface area contributed by atoms with Crippen LogP contribution >= 0.6 is 0 Å². The molecule has 0 radical (unpaired) electrons. The number of alkyl halides is 3. The van der Waals surface area contributed by atoms with Gasteiger partial charge >= 0.3 is 6.18 Å². The molecule has 1 saturated carbocycles. The molecular weight excluding hydrogens is 491 g/mol. The summed E-state index contributed by atoms with van der Waals surface area (Å²) in [4.78, 5) is 19.1. The van der Waals surface area contributed by atoms with E-state index in [1.165, 1.54) is 6.07 Å².